The Labute approximate surface area is 174 Å². The zero-order valence-electron chi connectivity index (χ0n) is 16.5. The summed E-state index contributed by atoms with van der Waals surface area (Å²) in [6.07, 6.45) is 6.30. The minimum Gasteiger partial charge on any atom is -0.341 e. The van der Waals surface area contributed by atoms with Crippen LogP contribution in [0.1, 0.15) is 66.9 Å². The van der Waals surface area contributed by atoms with Crippen LogP contribution in [-0.4, -0.2) is 62.5 Å². The summed E-state index contributed by atoms with van der Waals surface area (Å²) in [6.45, 7) is 2.15. The zero-order chi connectivity index (χ0) is 19.8. The number of aromatic nitrogens is 3. The molecule has 0 bridgehead atoms. The number of piperidine rings is 1. The smallest absolute Gasteiger partial charge is 0.245 e. The molecule has 1 saturated carbocycles. The van der Waals surface area contributed by atoms with Crippen LogP contribution in [0.5, 0.6) is 0 Å². The number of thiophene rings is 1. The lowest BCUT2D eigenvalue weighted by Crippen LogP contribution is -2.50. The minimum atomic E-state index is -0.286. The van der Waals surface area contributed by atoms with Gasteiger partial charge in [-0.05, 0) is 50.0 Å². The SMILES string of the molecule is O=C(C1CCCN1C(=O)Cc1cccs1)N1CCC(c2nc(C3CC3)n[nH]2)CC1. The quantitative estimate of drug-likeness (QED) is 0.817. The summed E-state index contributed by atoms with van der Waals surface area (Å²) in [6, 6.07) is 3.66. The highest BCUT2D eigenvalue weighted by molar-refractivity contribution is 7.10. The van der Waals surface area contributed by atoms with E-state index in [0.29, 0.717) is 24.8 Å². The first-order chi connectivity index (χ1) is 14.2. The van der Waals surface area contributed by atoms with Crippen LogP contribution in [0.2, 0.25) is 0 Å². The summed E-state index contributed by atoms with van der Waals surface area (Å²) in [4.78, 5) is 35.4. The maximum atomic E-state index is 13.2. The van der Waals surface area contributed by atoms with Crippen molar-refractivity contribution in [3.63, 3.8) is 0 Å². The molecule has 1 unspecified atom stereocenters. The van der Waals surface area contributed by atoms with Crippen LogP contribution < -0.4 is 0 Å². The van der Waals surface area contributed by atoms with E-state index in [4.69, 9.17) is 4.98 Å². The van der Waals surface area contributed by atoms with Crippen LogP contribution in [0.25, 0.3) is 0 Å². The molecule has 3 fully saturated rings. The van der Waals surface area contributed by atoms with Crippen molar-refractivity contribution in [1.82, 2.24) is 25.0 Å². The van der Waals surface area contributed by atoms with Gasteiger partial charge in [0.15, 0.2) is 5.82 Å². The molecule has 4 heterocycles. The summed E-state index contributed by atoms with van der Waals surface area (Å²) in [5.74, 6) is 3.04. The third-order valence-electron chi connectivity index (χ3n) is 6.42. The maximum absolute atomic E-state index is 13.2. The molecule has 3 aliphatic rings. The van der Waals surface area contributed by atoms with Gasteiger partial charge in [-0.1, -0.05) is 6.07 Å². The van der Waals surface area contributed by atoms with Crippen molar-refractivity contribution >= 4 is 23.2 Å². The number of nitrogens with zero attached hydrogens (tertiary/aromatic N) is 4. The third-order valence-corrected chi connectivity index (χ3v) is 7.30. The number of likely N-dealkylation sites (tertiary alicyclic amines) is 2. The molecular formula is C21H27N5O2S. The Morgan fingerprint density at radius 2 is 1.93 bits per heavy atom. The van der Waals surface area contributed by atoms with Gasteiger partial charge in [0.1, 0.15) is 11.9 Å². The Bertz CT molecular complexity index is 868. The van der Waals surface area contributed by atoms with Crippen molar-refractivity contribution in [3.05, 3.63) is 34.0 Å². The average molecular weight is 414 g/mol. The van der Waals surface area contributed by atoms with Crippen LogP contribution in [-0.2, 0) is 16.0 Å². The van der Waals surface area contributed by atoms with Crippen LogP contribution in [0.3, 0.4) is 0 Å². The summed E-state index contributed by atoms with van der Waals surface area (Å²) >= 11 is 1.60. The molecule has 7 nitrogen and oxygen atoms in total. The first-order valence-corrected chi connectivity index (χ1v) is 11.6. The lowest BCUT2D eigenvalue weighted by Gasteiger charge is -2.35. The average Bonchev–Trinajstić information content (AvgIpc) is 3.17. The van der Waals surface area contributed by atoms with E-state index in [9.17, 15) is 9.59 Å². The van der Waals surface area contributed by atoms with Gasteiger partial charge in [-0.2, -0.15) is 5.10 Å². The standard InChI is InChI=1S/C21H27N5O2S/c27-18(13-16-3-2-12-29-16)26-9-1-4-17(26)21(28)25-10-7-15(8-11-25)20-22-19(23-24-20)14-5-6-14/h2-3,12,14-15,17H,1,4-11,13H2,(H,22,23,24). The van der Waals surface area contributed by atoms with Gasteiger partial charge in [0.05, 0.1) is 6.42 Å². The molecule has 2 aromatic heterocycles. The van der Waals surface area contributed by atoms with Gasteiger partial charge >= 0.3 is 0 Å². The van der Waals surface area contributed by atoms with E-state index < -0.39 is 0 Å². The molecule has 2 aliphatic heterocycles. The Hall–Kier alpha value is -2.22. The van der Waals surface area contributed by atoms with Crippen molar-refractivity contribution in [2.24, 2.45) is 0 Å². The van der Waals surface area contributed by atoms with Gasteiger partial charge in [-0.3, -0.25) is 14.7 Å². The van der Waals surface area contributed by atoms with Crippen molar-refractivity contribution < 1.29 is 9.59 Å². The van der Waals surface area contributed by atoms with E-state index in [2.05, 4.69) is 10.2 Å². The Kier molecular flexibility index (Phi) is 5.11. The molecule has 154 valence electrons. The number of carbonyl (C=O) groups excluding carboxylic acids is 2. The highest BCUT2D eigenvalue weighted by Gasteiger charge is 2.38. The second kappa shape index (κ2) is 7.89. The molecule has 2 aromatic rings. The second-order valence-corrected chi connectivity index (χ2v) is 9.49. The van der Waals surface area contributed by atoms with E-state index in [0.717, 1.165) is 55.3 Å². The number of nitrogens with one attached hydrogen (secondary N) is 1. The van der Waals surface area contributed by atoms with Crippen molar-refractivity contribution in [3.8, 4) is 0 Å². The second-order valence-electron chi connectivity index (χ2n) is 8.45. The summed E-state index contributed by atoms with van der Waals surface area (Å²) in [5.41, 5.74) is 0. The highest BCUT2D eigenvalue weighted by atomic mass is 32.1. The minimum absolute atomic E-state index is 0.0763. The summed E-state index contributed by atoms with van der Waals surface area (Å²) in [5, 5.41) is 9.48. The number of aromatic amines is 1. The number of rotatable bonds is 5. The highest BCUT2D eigenvalue weighted by Crippen LogP contribution is 2.38. The summed E-state index contributed by atoms with van der Waals surface area (Å²) < 4.78 is 0. The fraction of sp³-hybridized carbons (Fsp3) is 0.619. The fourth-order valence-corrected chi connectivity index (χ4v) is 5.26. The van der Waals surface area contributed by atoms with Crippen molar-refractivity contribution in [1.29, 1.82) is 0 Å². The fourth-order valence-electron chi connectivity index (χ4n) is 4.56. The molecule has 5 rings (SSSR count). The molecule has 2 saturated heterocycles. The summed E-state index contributed by atoms with van der Waals surface area (Å²) in [7, 11) is 0. The van der Waals surface area contributed by atoms with E-state index >= 15 is 0 Å². The van der Waals surface area contributed by atoms with Crippen LogP contribution >= 0.6 is 11.3 Å². The largest absolute Gasteiger partial charge is 0.341 e. The predicted molar refractivity (Wildman–Crippen MR) is 110 cm³/mol. The molecule has 0 spiro atoms. The van der Waals surface area contributed by atoms with Crippen LogP contribution in [0.4, 0.5) is 0 Å². The Balaban J connectivity index is 1.17. The van der Waals surface area contributed by atoms with E-state index in [-0.39, 0.29) is 17.9 Å². The van der Waals surface area contributed by atoms with Crippen LogP contribution in [0.15, 0.2) is 17.5 Å². The number of hydrogen-bond donors (Lipinski definition) is 1. The first-order valence-electron chi connectivity index (χ1n) is 10.7. The van der Waals surface area contributed by atoms with E-state index in [1.165, 1.54) is 12.8 Å². The predicted octanol–water partition coefficient (Wildman–Crippen LogP) is 2.68. The molecule has 8 heteroatoms. The number of H-pyrrole nitrogens is 1. The van der Waals surface area contributed by atoms with E-state index in [1.807, 2.05) is 27.3 Å². The lowest BCUT2D eigenvalue weighted by molar-refractivity contribution is -0.144. The number of hydrogen-bond acceptors (Lipinski definition) is 5. The van der Waals surface area contributed by atoms with Crippen molar-refractivity contribution in [2.45, 2.75) is 62.8 Å². The Morgan fingerprint density at radius 1 is 1.10 bits per heavy atom. The zero-order valence-corrected chi connectivity index (χ0v) is 17.4. The number of amides is 2. The third kappa shape index (κ3) is 3.95. The first kappa shape index (κ1) is 18.8. The molecule has 2 amide bonds. The Morgan fingerprint density at radius 3 is 2.66 bits per heavy atom. The molecule has 1 aliphatic carbocycles. The van der Waals surface area contributed by atoms with Gasteiger partial charge < -0.3 is 9.80 Å². The van der Waals surface area contributed by atoms with Gasteiger partial charge in [-0.25, -0.2) is 4.98 Å². The molecule has 1 atom stereocenters. The molecular weight excluding hydrogens is 386 g/mol. The van der Waals surface area contributed by atoms with Gasteiger partial charge in [-0.15, -0.1) is 11.3 Å². The maximum Gasteiger partial charge on any atom is 0.245 e. The lowest BCUT2D eigenvalue weighted by atomic mass is 9.95. The van der Waals surface area contributed by atoms with Crippen LogP contribution in [0, 0.1) is 0 Å². The molecule has 0 radical (unpaired) electrons. The molecule has 1 N–H and O–H groups in total. The molecule has 0 aromatic carbocycles. The monoisotopic (exact) mass is 413 g/mol. The van der Waals surface area contributed by atoms with Gasteiger partial charge in [0, 0.05) is 36.3 Å². The van der Waals surface area contributed by atoms with Gasteiger partial charge in [0.2, 0.25) is 11.8 Å². The van der Waals surface area contributed by atoms with Gasteiger partial charge in [0.25, 0.3) is 0 Å². The van der Waals surface area contributed by atoms with Crippen molar-refractivity contribution in [2.75, 3.05) is 19.6 Å². The molecule has 29 heavy (non-hydrogen) atoms. The normalized spacial score (nSPS) is 23.0. The van der Waals surface area contributed by atoms with E-state index in [1.54, 1.807) is 11.3 Å². The number of carbonyl (C=O) groups is 2. The topological polar surface area (TPSA) is 82.2 Å².